The van der Waals surface area contributed by atoms with E-state index in [0.29, 0.717) is 0 Å². The monoisotopic (exact) mass is 236 g/mol. The standard InChI is InChI=1S/C9H8S2.Na.H2S/c10-6-7-1-2-9-8(5-7)3-4-11-9;;/h1-5,10H,6H2;;1H2/q;+1;/p-1. The third-order valence-corrected chi connectivity index (χ3v) is 2.96. The van der Waals surface area contributed by atoms with Gasteiger partial charge >= 0.3 is 29.6 Å². The maximum atomic E-state index is 4.22. The van der Waals surface area contributed by atoms with E-state index in [1.165, 1.54) is 15.6 Å². The summed E-state index contributed by atoms with van der Waals surface area (Å²) < 4.78 is 1.36. The molecule has 0 amide bonds. The van der Waals surface area contributed by atoms with Crippen LogP contribution in [0.15, 0.2) is 29.6 Å². The predicted molar refractivity (Wildman–Crippen MR) is 63.3 cm³/mol. The number of rotatable bonds is 1. The second-order valence-corrected chi connectivity index (χ2v) is 3.71. The average molecular weight is 236 g/mol. The van der Waals surface area contributed by atoms with Crippen LogP contribution in [0, 0.1) is 0 Å². The maximum absolute atomic E-state index is 4.22. The Kier molecular flexibility index (Phi) is 6.81. The molecule has 1 heterocycles. The summed E-state index contributed by atoms with van der Waals surface area (Å²) in [6.45, 7) is 0. The second-order valence-electron chi connectivity index (χ2n) is 2.45. The zero-order chi connectivity index (χ0) is 7.68. The summed E-state index contributed by atoms with van der Waals surface area (Å²) in [6, 6.07) is 8.63. The molecule has 0 N–H and O–H groups in total. The van der Waals surface area contributed by atoms with E-state index in [-0.39, 0.29) is 43.1 Å². The van der Waals surface area contributed by atoms with Crippen LogP contribution in [-0.2, 0) is 19.2 Å². The van der Waals surface area contributed by atoms with Crippen LogP contribution in [0.3, 0.4) is 0 Å². The van der Waals surface area contributed by atoms with E-state index in [0.717, 1.165) is 5.75 Å². The molecule has 4 heteroatoms. The Hall–Kier alpha value is 0.880. The van der Waals surface area contributed by atoms with Crippen molar-refractivity contribution in [1.82, 2.24) is 0 Å². The summed E-state index contributed by atoms with van der Waals surface area (Å²) in [5, 5.41) is 3.45. The summed E-state index contributed by atoms with van der Waals surface area (Å²) in [6.07, 6.45) is 0. The van der Waals surface area contributed by atoms with Crippen molar-refractivity contribution >= 4 is 47.5 Å². The largest absolute Gasteiger partial charge is 1.00 e. The van der Waals surface area contributed by atoms with Gasteiger partial charge in [0.25, 0.3) is 0 Å². The average Bonchev–Trinajstić information content (AvgIpc) is 2.50. The van der Waals surface area contributed by atoms with E-state index in [1.807, 2.05) is 0 Å². The predicted octanol–water partition coefficient (Wildman–Crippen LogP) is 0.0650. The SMILES string of the molecule is SCc1ccc2sccc2c1.[Na+].[SH-]. The van der Waals surface area contributed by atoms with Gasteiger partial charge in [0.2, 0.25) is 0 Å². The van der Waals surface area contributed by atoms with Crippen LogP contribution in [0.2, 0.25) is 0 Å². The molecule has 0 aliphatic rings. The molecule has 0 bridgehead atoms. The number of hydrogen-bond donors (Lipinski definition) is 1. The molecule has 0 nitrogen and oxygen atoms in total. The molecule has 1 aromatic heterocycles. The number of thiophene rings is 1. The van der Waals surface area contributed by atoms with E-state index in [1.54, 1.807) is 11.3 Å². The molecule has 0 fully saturated rings. The smallest absolute Gasteiger partial charge is 0.813 e. The number of fused-ring (bicyclic) bond motifs is 1. The van der Waals surface area contributed by atoms with Gasteiger partial charge in [-0.15, -0.1) is 11.3 Å². The van der Waals surface area contributed by atoms with Gasteiger partial charge in [-0.05, 0) is 34.5 Å². The summed E-state index contributed by atoms with van der Waals surface area (Å²) in [5.41, 5.74) is 1.29. The fourth-order valence-corrected chi connectivity index (χ4v) is 2.08. The summed E-state index contributed by atoms with van der Waals surface area (Å²) >= 11 is 6.00. The van der Waals surface area contributed by atoms with Crippen molar-refractivity contribution in [1.29, 1.82) is 0 Å². The van der Waals surface area contributed by atoms with Gasteiger partial charge < -0.3 is 13.5 Å². The second kappa shape index (κ2) is 6.38. The minimum absolute atomic E-state index is 0. The molecule has 0 saturated carbocycles. The summed E-state index contributed by atoms with van der Waals surface area (Å²) in [7, 11) is 0. The van der Waals surface area contributed by atoms with Crippen LogP contribution < -0.4 is 29.6 Å². The molecule has 0 spiro atoms. The van der Waals surface area contributed by atoms with Gasteiger partial charge in [-0.3, -0.25) is 0 Å². The molecular formula is C9H9NaS3. The van der Waals surface area contributed by atoms with Crippen LogP contribution in [0.25, 0.3) is 10.1 Å². The molecule has 1 aromatic carbocycles. The molecule has 13 heavy (non-hydrogen) atoms. The first-order chi connectivity index (χ1) is 5.40. The molecule has 0 aliphatic carbocycles. The van der Waals surface area contributed by atoms with Crippen molar-refractivity contribution in [3.05, 3.63) is 35.2 Å². The maximum Gasteiger partial charge on any atom is 1.00 e. The molecule has 0 atom stereocenters. The van der Waals surface area contributed by atoms with Gasteiger partial charge in [0.15, 0.2) is 0 Å². The first-order valence-electron chi connectivity index (χ1n) is 3.47. The first-order valence-corrected chi connectivity index (χ1v) is 4.98. The Balaban J connectivity index is 0.000000720. The quantitative estimate of drug-likeness (QED) is 0.415. The van der Waals surface area contributed by atoms with Crippen molar-refractivity contribution in [3.63, 3.8) is 0 Å². The molecule has 2 rings (SSSR count). The molecule has 2 aromatic rings. The van der Waals surface area contributed by atoms with Crippen LogP contribution >= 0.6 is 24.0 Å². The van der Waals surface area contributed by atoms with Crippen molar-refractivity contribution < 1.29 is 29.6 Å². The van der Waals surface area contributed by atoms with Gasteiger partial charge in [0.05, 0.1) is 0 Å². The minimum atomic E-state index is 0. The van der Waals surface area contributed by atoms with E-state index in [2.05, 4.69) is 42.3 Å². The van der Waals surface area contributed by atoms with Gasteiger partial charge in [0.1, 0.15) is 0 Å². The molecule has 64 valence electrons. The zero-order valence-electron chi connectivity index (χ0n) is 7.40. The van der Waals surface area contributed by atoms with Crippen LogP contribution in [0.4, 0.5) is 0 Å². The van der Waals surface area contributed by atoms with Crippen molar-refractivity contribution in [3.8, 4) is 0 Å². The summed E-state index contributed by atoms with van der Waals surface area (Å²) in [4.78, 5) is 0. The van der Waals surface area contributed by atoms with E-state index in [9.17, 15) is 0 Å². The Labute approximate surface area is 117 Å². The Morgan fingerprint density at radius 3 is 2.69 bits per heavy atom. The van der Waals surface area contributed by atoms with Crippen LogP contribution in [0.1, 0.15) is 5.56 Å². The number of thiol groups is 2. The Morgan fingerprint density at radius 1 is 1.23 bits per heavy atom. The number of hydrogen-bond acceptors (Lipinski definition) is 3. The van der Waals surface area contributed by atoms with Gasteiger partial charge in [-0.2, -0.15) is 12.6 Å². The third kappa shape index (κ3) is 3.18. The Morgan fingerprint density at radius 2 is 2.00 bits per heavy atom. The molecule has 0 radical (unpaired) electrons. The van der Waals surface area contributed by atoms with Crippen LogP contribution in [0.5, 0.6) is 0 Å². The normalized spacial score (nSPS) is 9.00. The van der Waals surface area contributed by atoms with Gasteiger partial charge in [-0.25, -0.2) is 0 Å². The molecule has 0 saturated heterocycles. The van der Waals surface area contributed by atoms with Crippen LogP contribution in [-0.4, -0.2) is 0 Å². The number of benzene rings is 1. The van der Waals surface area contributed by atoms with Gasteiger partial charge in [-0.1, -0.05) is 6.07 Å². The third-order valence-electron chi connectivity index (χ3n) is 1.70. The molecule has 0 aliphatic heterocycles. The fourth-order valence-electron chi connectivity index (χ4n) is 1.11. The van der Waals surface area contributed by atoms with Gasteiger partial charge in [0, 0.05) is 10.5 Å². The van der Waals surface area contributed by atoms with Crippen molar-refractivity contribution in [2.75, 3.05) is 0 Å². The topological polar surface area (TPSA) is 0 Å². The minimum Gasteiger partial charge on any atom is -0.813 e. The molecule has 0 unspecified atom stereocenters. The van der Waals surface area contributed by atoms with E-state index >= 15 is 0 Å². The van der Waals surface area contributed by atoms with Crippen molar-refractivity contribution in [2.24, 2.45) is 0 Å². The zero-order valence-corrected chi connectivity index (χ0v) is 12.0. The summed E-state index contributed by atoms with van der Waals surface area (Å²) in [5.74, 6) is 0.825. The molecular weight excluding hydrogens is 227 g/mol. The fraction of sp³-hybridized carbons (Fsp3) is 0.111. The Bertz CT molecular complexity index is 370. The first kappa shape index (κ1) is 13.9. The van der Waals surface area contributed by atoms with Crippen molar-refractivity contribution in [2.45, 2.75) is 5.75 Å². The van der Waals surface area contributed by atoms with E-state index < -0.39 is 0 Å². The van der Waals surface area contributed by atoms with E-state index in [4.69, 9.17) is 0 Å².